The predicted octanol–water partition coefficient (Wildman–Crippen LogP) is 2.40. The van der Waals surface area contributed by atoms with Crippen molar-refractivity contribution >= 4 is 44.9 Å². The van der Waals surface area contributed by atoms with Gasteiger partial charge in [-0.05, 0) is 34.1 Å². The number of hydrogen-bond donors (Lipinski definition) is 2. The number of carbonyl (C=O) groups excluding carboxylic acids is 2. The van der Waals surface area contributed by atoms with Gasteiger partial charge in [0.05, 0.1) is 0 Å². The fourth-order valence-corrected chi connectivity index (χ4v) is 2.61. The highest BCUT2D eigenvalue weighted by Gasteiger charge is 2.11. The number of carbonyl (C=O) groups is 2. The van der Waals surface area contributed by atoms with E-state index in [0.717, 1.165) is 4.47 Å². The minimum Gasteiger partial charge on any atom is -0.437 e. The Morgan fingerprint density at radius 3 is 2.79 bits per heavy atom. The second-order valence-corrected chi connectivity index (χ2v) is 5.87. The van der Waals surface area contributed by atoms with Crippen LogP contribution in [0.3, 0.4) is 0 Å². The zero-order valence-corrected chi connectivity index (χ0v) is 14.2. The van der Waals surface area contributed by atoms with Crippen LogP contribution in [0.15, 0.2) is 51.5 Å². The third kappa shape index (κ3) is 3.54. The van der Waals surface area contributed by atoms with Crippen LogP contribution >= 0.6 is 15.9 Å². The van der Waals surface area contributed by atoms with Crippen molar-refractivity contribution in [1.29, 1.82) is 0 Å². The largest absolute Gasteiger partial charge is 0.437 e. The van der Waals surface area contributed by atoms with Crippen LogP contribution < -0.4 is 10.9 Å². The van der Waals surface area contributed by atoms with E-state index in [-0.39, 0.29) is 0 Å². The van der Waals surface area contributed by atoms with Crippen LogP contribution in [-0.2, 0) is 11.8 Å². The van der Waals surface area contributed by atoms with Crippen LogP contribution in [0, 0.1) is 0 Å². The van der Waals surface area contributed by atoms with E-state index in [0.29, 0.717) is 22.7 Å². The monoisotopic (exact) mass is 388 g/mol. The Morgan fingerprint density at radius 2 is 2.08 bits per heavy atom. The molecule has 0 aliphatic carbocycles. The number of benzene rings is 1. The lowest BCUT2D eigenvalue weighted by molar-refractivity contribution is -0.117. The molecule has 0 aliphatic rings. The van der Waals surface area contributed by atoms with E-state index >= 15 is 0 Å². The van der Waals surface area contributed by atoms with Gasteiger partial charge in [-0.1, -0.05) is 12.1 Å². The van der Waals surface area contributed by atoms with E-state index in [1.807, 2.05) is 18.2 Å². The second-order valence-electron chi connectivity index (χ2n) is 4.95. The number of hydrazine groups is 1. The van der Waals surface area contributed by atoms with Crippen LogP contribution in [-0.4, -0.2) is 21.4 Å². The number of aromatic nitrogens is 2. The van der Waals surface area contributed by atoms with E-state index in [4.69, 9.17) is 4.42 Å². The van der Waals surface area contributed by atoms with E-state index in [1.165, 1.54) is 12.2 Å². The third-order valence-electron chi connectivity index (χ3n) is 3.19. The topological polar surface area (TPSA) is 89.2 Å². The molecule has 0 spiro atoms. The number of rotatable bonds is 3. The lowest BCUT2D eigenvalue weighted by Gasteiger charge is -2.05. The van der Waals surface area contributed by atoms with Crippen molar-refractivity contribution < 1.29 is 14.0 Å². The van der Waals surface area contributed by atoms with E-state index in [2.05, 4.69) is 31.8 Å². The van der Waals surface area contributed by atoms with Gasteiger partial charge in [0.15, 0.2) is 5.58 Å². The lowest BCUT2D eigenvalue weighted by Crippen LogP contribution is -2.41. The molecule has 3 rings (SSSR count). The Hall–Kier alpha value is -2.87. The van der Waals surface area contributed by atoms with E-state index in [1.54, 1.807) is 29.9 Å². The number of nitrogens with zero attached hydrogens (tertiary/aromatic N) is 2. The number of hydrogen-bond acceptors (Lipinski definition) is 4. The molecular formula is C16H13BrN4O3. The molecule has 8 heteroatoms. The summed E-state index contributed by atoms with van der Waals surface area (Å²) in [6, 6.07) is 8.94. The van der Waals surface area contributed by atoms with Gasteiger partial charge < -0.3 is 8.98 Å². The molecule has 1 aromatic carbocycles. The zero-order valence-electron chi connectivity index (χ0n) is 12.6. The molecule has 0 fully saturated rings. The maximum absolute atomic E-state index is 12.0. The molecule has 0 saturated heterocycles. The molecule has 0 saturated carbocycles. The summed E-state index contributed by atoms with van der Waals surface area (Å²) in [7, 11) is 1.73. The van der Waals surface area contributed by atoms with Crippen LogP contribution in [0.5, 0.6) is 0 Å². The number of oxazole rings is 1. The maximum atomic E-state index is 12.0. The number of amides is 2. The van der Waals surface area contributed by atoms with Crippen molar-refractivity contribution in [2.45, 2.75) is 0 Å². The summed E-state index contributed by atoms with van der Waals surface area (Å²) in [4.78, 5) is 27.9. The summed E-state index contributed by atoms with van der Waals surface area (Å²) in [5, 5.41) is 0. The van der Waals surface area contributed by atoms with Crippen LogP contribution in [0.2, 0.25) is 0 Å². The van der Waals surface area contributed by atoms with Crippen molar-refractivity contribution in [2.24, 2.45) is 7.05 Å². The summed E-state index contributed by atoms with van der Waals surface area (Å²) in [5.41, 5.74) is 6.39. The smallest absolute Gasteiger partial charge is 0.286 e. The van der Waals surface area contributed by atoms with Gasteiger partial charge in [-0.15, -0.1) is 0 Å². The Labute approximate surface area is 145 Å². The molecule has 0 bridgehead atoms. The summed E-state index contributed by atoms with van der Waals surface area (Å²) < 4.78 is 7.87. The molecule has 2 aromatic heterocycles. The van der Waals surface area contributed by atoms with Gasteiger partial charge >= 0.3 is 0 Å². The average molecular weight is 389 g/mol. The standard InChI is InChI=1S/C16H13BrN4O3/c1-21-9-10(17)8-12(21)16(23)20-19-14(22)6-7-15-18-11-4-2-3-5-13(11)24-15/h2-9H,1H3,(H,19,22)(H,20,23)/b7-6-. The SMILES string of the molecule is Cn1cc(Br)cc1C(=O)NNC(=O)/C=C\c1nc2ccccc2o1. The Kier molecular flexibility index (Phi) is 4.48. The molecular weight excluding hydrogens is 376 g/mol. The minimum absolute atomic E-state index is 0.309. The Balaban J connectivity index is 1.59. The molecule has 2 N–H and O–H groups in total. The third-order valence-corrected chi connectivity index (χ3v) is 3.62. The second kappa shape index (κ2) is 6.71. The van der Waals surface area contributed by atoms with Crippen LogP contribution in [0.4, 0.5) is 0 Å². The van der Waals surface area contributed by atoms with E-state index in [9.17, 15) is 9.59 Å². The molecule has 2 heterocycles. The molecule has 2 amide bonds. The number of nitrogens with one attached hydrogen (secondary N) is 2. The highest BCUT2D eigenvalue weighted by Crippen LogP contribution is 2.15. The van der Waals surface area contributed by atoms with Gasteiger partial charge in [0.1, 0.15) is 11.2 Å². The summed E-state index contributed by atoms with van der Waals surface area (Å²) in [5.74, 6) is -0.616. The van der Waals surface area contributed by atoms with Gasteiger partial charge in [-0.25, -0.2) is 4.98 Å². The Bertz CT molecular complexity index is 909. The number of aryl methyl sites for hydroxylation is 1. The molecule has 3 aromatic rings. The highest BCUT2D eigenvalue weighted by molar-refractivity contribution is 9.10. The first-order chi connectivity index (χ1) is 11.5. The molecule has 122 valence electrons. The molecule has 24 heavy (non-hydrogen) atoms. The molecule has 0 aliphatic heterocycles. The minimum atomic E-state index is -0.501. The highest BCUT2D eigenvalue weighted by atomic mass is 79.9. The summed E-state index contributed by atoms with van der Waals surface area (Å²) in [6.45, 7) is 0. The lowest BCUT2D eigenvalue weighted by atomic mass is 10.3. The normalized spacial score (nSPS) is 11.1. The van der Waals surface area contributed by atoms with Crippen molar-refractivity contribution in [1.82, 2.24) is 20.4 Å². The van der Waals surface area contributed by atoms with Gasteiger partial charge in [0.25, 0.3) is 11.8 Å². The van der Waals surface area contributed by atoms with Gasteiger partial charge in [0.2, 0.25) is 5.89 Å². The van der Waals surface area contributed by atoms with Crippen LogP contribution in [0.25, 0.3) is 17.2 Å². The Morgan fingerprint density at radius 1 is 1.29 bits per heavy atom. The molecule has 7 nitrogen and oxygen atoms in total. The number of fused-ring (bicyclic) bond motifs is 1. The van der Waals surface area contributed by atoms with E-state index < -0.39 is 11.8 Å². The van der Waals surface area contributed by atoms with Crippen molar-refractivity contribution in [2.75, 3.05) is 0 Å². The van der Waals surface area contributed by atoms with Gasteiger partial charge in [0, 0.05) is 29.9 Å². The first-order valence-corrected chi connectivity index (χ1v) is 7.78. The van der Waals surface area contributed by atoms with Crippen molar-refractivity contribution in [3.63, 3.8) is 0 Å². The molecule has 0 atom stereocenters. The van der Waals surface area contributed by atoms with Crippen LogP contribution in [0.1, 0.15) is 16.4 Å². The quantitative estimate of drug-likeness (QED) is 0.532. The fourth-order valence-electron chi connectivity index (χ4n) is 2.08. The first kappa shape index (κ1) is 16.0. The molecule has 0 unspecified atom stereocenters. The average Bonchev–Trinajstić information content (AvgIpc) is 3.12. The van der Waals surface area contributed by atoms with Gasteiger partial charge in [-0.2, -0.15) is 0 Å². The first-order valence-electron chi connectivity index (χ1n) is 6.99. The predicted molar refractivity (Wildman–Crippen MR) is 91.8 cm³/mol. The zero-order chi connectivity index (χ0) is 17.1. The summed E-state index contributed by atoms with van der Waals surface area (Å²) in [6.07, 6.45) is 4.40. The number of halogens is 1. The summed E-state index contributed by atoms with van der Waals surface area (Å²) >= 11 is 3.28. The van der Waals surface area contributed by atoms with Crippen molar-refractivity contribution in [3.8, 4) is 0 Å². The fraction of sp³-hybridized carbons (Fsp3) is 0.0625. The van der Waals surface area contributed by atoms with Gasteiger partial charge in [-0.3, -0.25) is 20.4 Å². The van der Waals surface area contributed by atoms with Crippen molar-refractivity contribution in [3.05, 3.63) is 58.7 Å². The molecule has 0 radical (unpaired) electrons. The maximum Gasteiger partial charge on any atom is 0.286 e. The number of para-hydroxylation sites is 2.